The standard InChI is InChI=1S/C74H47NO2/c1-2-18-48(19-3-1)49-36-40-54(41-37-49)75(55-22-16-20-50(44-55)52-38-42-63-59(46-52)57-24-4-6-26-61(57)73(63)65-28-8-12-32-69(65)76-70-33-13-9-29-66(70)73)56-23-17-21-51(45-56)53-39-43-64-60(47-53)58-25-5-7-27-62(58)74(64)67-30-10-14-34-71(67)77-72-35-15-11-31-68(72)74/h1-47H. The number of anilines is 3. The van der Waals surface area contributed by atoms with E-state index in [2.05, 4.69) is 290 Å². The number of ether oxygens (including phenoxy) is 2. The number of nitrogens with zero attached hydrogens (tertiary/aromatic N) is 1. The van der Waals surface area contributed by atoms with Gasteiger partial charge in [0.2, 0.25) is 0 Å². The van der Waals surface area contributed by atoms with E-state index < -0.39 is 10.8 Å². The fourth-order valence-electron chi connectivity index (χ4n) is 13.6. The average Bonchev–Trinajstić information content (AvgIpc) is 4.11. The van der Waals surface area contributed by atoms with Gasteiger partial charge in [0.15, 0.2) is 0 Å². The Bertz CT molecular complexity index is 4030. The second-order valence-corrected chi connectivity index (χ2v) is 20.6. The molecule has 0 aromatic heterocycles. The third-order valence-corrected chi connectivity index (χ3v) is 16.8. The number of hydrogen-bond donors (Lipinski definition) is 0. The molecule has 0 saturated heterocycles. The number of hydrogen-bond acceptors (Lipinski definition) is 3. The van der Waals surface area contributed by atoms with E-state index in [-0.39, 0.29) is 0 Å². The zero-order valence-electron chi connectivity index (χ0n) is 41.9. The lowest BCUT2D eigenvalue weighted by Crippen LogP contribution is -2.32. The molecule has 0 atom stereocenters. The molecule has 77 heavy (non-hydrogen) atoms. The van der Waals surface area contributed by atoms with Crippen LogP contribution in [0.1, 0.15) is 44.5 Å². The van der Waals surface area contributed by atoms with Gasteiger partial charge >= 0.3 is 0 Å². The summed E-state index contributed by atoms with van der Waals surface area (Å²) in [5.74, 6) is 3.59. The van der Waals surface area contributed by atoms with Crippen LogP contribution < -0.4 is 14.4 Å². The van der Waals surface area contributed by atoms with Crippen LogP contribution in [-0.2, 0) is 10.8 Å². The van der Waals surface area contributed by atoms with Crippen molar-refractivity contribution in [2.45, 2.75) is 10.8 Å². The van der Waals surface area contributed by atoms with E-state index in [4.69, 9.17) is 9.47 Å². The minimum absolute atomic E-state index is 0.517. The monoisotopic (exact) mass is 981 g/mol. The van der Waals surface area contributed by atoms with Crippen LogP contribution in [0.4, 0.5) is 17.1 Å². The first-order valence-corrected chi connectivity index (χ1v) is 26.6. The summed E-state index contributed by atoms with van der Waals surface area (Å²) in [6, 6.07) is 104. The van der Waals surface area contributed by atoms with Crippen molar-refractivity contribution in [1.29, 1.82) is 0 Å². The Labute approximate surface area is 448 Å². The van der Waals surface area contributed by atoms with Crippen molar-refractivity contribution >= 4 is 17.1 Å². The highest BCUT2D eigenvalue weighted by atomic mass is 16.5. The van der Waals surface area contributed by atoms with Gasteiger partial charge in [-0.1, -0.05) is 212 Å². The topological polar surface area (TPSA) is 21.7 Å². The summed E-state index contributed by atoms with van der Waals surface area (Å²) in [5, 5.41) is 0. The lowest BCUT2D eigenvalue weighted by molar-refractivity contribution is 0.436. The molecule has 0 N–H and O–H groups in total. The fraction of sp³-hybridized carbons (Fsp3) is 0.0270. The molecule has 0 saturated carbocycles. The van der Waals surface area contributed by atoms with Crippen LogP contribution in [0.2, 0.25) is 0 Å². The Balaban J connectivity index is 0.831. The van der Waals surface area contributed by atoms with Crippen LogP contribution in [0.3, 0.4) is 0 Å². The van der Waals surface area contributed by atoms with Gasteiger partial charge in [-0.05, 0) is 151 Å². The van der Waals surface area contributed by atoms with Gasteiger partial charge < -0.3 is 14.4 Å². The first-order chi connectivity index (χ1) is 38.2. The molecular weight excluding hydrogens is 935 g/mol. The van der Waals surface area contributed by atoms with E-state index in [9.17, 15) is 0 Å². The van der Waals surface area contributed by atoms with Gasteiger partial charge in [0, 0.05) is 39.3 Å². The summed E-state index contributed by atoms with van der Waals surface area (Å²) in [6.45, 7) is 0. The van der Waals surface area contributed by atoms with Crippen molar-refractivity contribution in [1.82, 2.24) is 0 Å². The van der Waals surface area contributed by atoms with Gasteiger partial charge in [-0.25, -0.2) is 0 Å². The van der Waals surface area contributed by atoms with Crippen LogP contribution in [-0.4, -0.2) is 0 Å². The van der Waals surface area contributed by atoms with Crippen molar-refractivity contribution in [2.75, 3.05) is 4.90 Å². The van der Waals surface area contributed by atoms with E-state index in [1.165, 1.54) is 77.9 Å². The molecular formula is C74H47NO2. The maximum atomic E-state index is 6.62. The number of rotatable bonds is 6. The number of benzene rings is 12. The smallest absolute Gasteiger partial charge is 0.132 e. The first-order valence-electron chi connectivity index (χ1n) is 26.6. The Kier molecular flexibility index (Phi) is 9.47. The highest BCUT2D eigenvalue weighted by Gasteiger charge is 2.52. The van der Waals surface area contributed by atoms with E-state index >= 15 is 0 Å². The van der Waals surface area contributed by atoms with Crippen LogP contribution in [0.5, 0.6) is 23.0 Å². The minimum atomic E-state index is -0.517. The van der Waals surface area contributed by atoms with Gasteiger partial charge in [0.05, 0.1) is 10.8 Å². The van der Waals surface area contributed by atoms with Gasteiger partial charge in [-0.2, -0.15) is 0 Å². The average molecular weight is 982 g/mol. The zero-order valence-corrected chi connectivity index (χ0v) is 41.9. The van der Waals surface area contributed by atoms with Crippen molar-refractivity contribution in [3.05, 3.63) is 330 Å². The second kappa shape index (κ2) is 16.8. The van der Waals surface area contributed by atoms with Crippen LogP contribution in [0, 0.1) is 0 Å². The van der Waals surface area contributed by atoms with Crippen molar-refractivity contribution in [3.63, 3.8) is 0 Å². The largest absolute Gasteiger partial charge is 0.457 e. The van der Waals surface area contributed by atoms with E-state index in [0.717, 1.165) is 62.3 Å². The molecule has 3 heteroatoms. The quantitative estimate of drug-likeness (QED) is 0.166. The summed E-state index contributed by atoms with van der Waals surface area (Å²) in [4.78, 5) is 2.41. The Morgan fingerprint density at radius 2 is 0.532 bits per heavy atom. The summed E-state index contributed by atoms with van der Waals surface area (Å²) in [6.07, 6.45) is 0. The molecule has 0 unspecified atom stereocenters. The predicted molar refractivity (Wildman–Crippen MR) is 312 cm³/mol. The molecule has 0 amide bonds. The SMILES string of the molecule is c1ccc(-c2ccc(N(c3cccc(-c4ccc5c(c4)-c4ccccc4C54c5ccccc5Oc5ccccc54)c3)c3cccc(-c4ccc5c(c4)-c4ccccc4C54c5ccccc5Oc5ccccc54)c3)cc2)cc1. The molecule has 0 radical (unpaired) electrons. The molecule has 0 bridgehead atoms. The van der Waals surface area contributed by atoms with Crippen LogP contribution >= 0.6 is 0 Å². The molecule has 360 valence electrons. The van der Waals surface area contributed by atoms with Crippen LogP contribution in [0.25, 0.3) is 55.6 Å². The van der Waals surface area contributed by atoms with Crippen molar-refractivity contribution in [3.8, 4) is 78.6 Å². The highest BCUT2D eigenvalue weighted by Crippen LogP contribution is 2.64. The molecule has 2 spiro atoms. The third kappa shape index (κ3) is 6.26. The lowest BCUT2D eigenvalue weighted by Gasteiger charge is -2.39. The molecule has 12 aromatic carbocycles. The van der Waals surface area contributed by atoms with E-state index in [1.54, 1.807) is 0 Å². The van der Waals surface area contributed by atoms with Gasteiger partial charge in [-0.15, -0.1) is 0 Å². The molecule has 0 fully saturated rings. The van der Waals surface area contributed by atoms with Gasteiger partial charge in [0.25, 0.3) is 0 Å². The molecule has 12 aromatic rings. The molecule has 2 heterocycles. The second-order valence-electron chi connectivity index (χ2n) is 20.6. The number of fused-ring (bicyclic) bond motifs is 18. The van der Waals surface area contributed by atoms with Crippen LogP contribution in [0.15, 0.2) is 285 Å². The Hall–Kier alpha value is -9.96. The number of para-hydroxylation sites is 4. The maximum absolute atomic E-state index is 6.62. The van der Waals surface area contributed by atoms with Crippen molar-refractivity contribution in [2.24, 2.45) is 0 Å². The maximum Gasteiger partial charge on any atom is 0.132 e. The molecule has 4 aliphatic rings. The lowest BCUT2D eigenvalue weighted by atomic mass is 9.66. The molecule has 16 rings (SSSR count). The minimum Gasteiger partial charge on any atom is -0.457 e. The summed E-state index contributed by atoms with van der Waals surface area (Å²) in [7, 11) is 0. The summed E-state index contributed by atoms with van der Waals surface area (Å²) >= 11 is 0. The molecule has 3 nitrogen and oxygen atoms in total. The first kappa shape index (κ1) is 43.4. The highest BCUT2D eigenvalue weighted by molar-refractivity contribution is 5.94. The summed E-state index contributed by atoms with van der Waals surface area (Å²) in [5.41, 5.74) is 23.9. The Morgan fingerprint density at radius 3 is 0.974 bits per heavy atom. The van der Waals surface area contributed by atoms with E-state index in [1.807, 2.05) is 0 Å². The van der Waals surface area contributed by atoms with Crippen molar-refractivity contribution < 1.29 is 9.47 Å². The third-order valence-electron chi connectivity index (χ3n) is 16.8. The van der Waals surface area contributed by atoms with Gasteiger partial charge in [0.1, 0.15) is 23.0 Å². The molecule has 2 aliphatic carbocycles. The predicted octanol–water partition coefficient (Wildman–Crippen LogP) is 19.1. The van der Waals surface area contributed by atoms with Gasteiger partial charge in [-0.3, -0.25) is 0 Å². The fourth-order valence-corrected chi connectivity index (χ4v) is 13.6. The normalized spacial score (nSPS) is 13.9. The summed E-state index contributed by atoms with van der Waals surface area (Å²) < 4.78 is 13.2. The zero-order chi connectivity index (χ0) is 50.7. The Morgan fingerprint density at radius 1 is 0.208 bits per heavy atom. The van der Waals surface area contributed by atoms with E-state index in [0.29, 0.717) is 0 Å². The molecule has 2 aliphatic heterocycles.